The maximum atomic E-state index is 12.1. The number of rotatable bonds is 5. The molecule has 0 saturated carbocycles. The quantitative estimate of drug-likeness (QED) is 0.796. The number of carbonyl (C=O) groups excluding carboxylic acids is 2. The summed E-state index contributed by atoms with van der Waals surface area (Å²) in [5.41, 5.74) is 1.25. The third-order valence-corrected chi connectivity index (χ3v) is 2.52. The molecule has 5 nitrogen and oxygen atoms in total. The first kappa shape index (κ1) is 15.0. The highest BCUT2D eigenvalue weighted by Gasteiger charge is 2.18. The molecule has 0 fully saturated rings. The molecule has 0 bridgehead atoms. The minimum atomic E-state index is -0.676. The summed E-state index contributed by atoms with van der Waals surface area (Å²) in [5, 5.41) is 5.80. The summed E-state index contributed by atoms with van der Waals surface area (Å²) in [5.74, 6) is -0.774. The smallest absolute Gasteiger partial charge is 0.328 e. The third kappa shape index (κ3) is 4.28. The second-order valence-electron chi connectivity index (χ2n) is 4.56. The number of hydrogen-bond acceptors (Lipinski definition) is 4. The summed E-state index contributed by atoms with van der Waals surface area (Å²) in [6.45, 7) is 5.57. The van der Waals surface area contributed by atoms with Crippen LogP contribution in [0.4, 0.5) is 5.69 Å². The number of hydrogen-bond donors (Lipinski definition) is 2. The number of para-hydroxylation sites is 1. The van der Waals surface area contributed by atoms with E-state index in [0.29, 0.717) is 5.56 Å². The number of nitrogens with one attached hydrogen (secondary N) is 2. The minimum Gasteiger partial charge on any atom is -0.467 e. The fraction of sp³-hybridized carbons (Fsp3) is 0.429. The Bertz CT molecular complexity index is 458. The molecule has 0 unspecified atom stereocenters. The van der Waals surface area contributed by atoms with Crippen molar-refractivity contribution in [2.75, 3.05) is 12.4 Å². The van der Waals surface area contributed by atoms with Gasteiger partial charge in [-0.05, 0) is 32.9 Å². The van der Waals surface area contributed by atoms with Crippen LogP contribution < -0.4 is 10.6 Å². The molecule has 1 atom stereocenters. The Morgan fingerprint density at radius 3 is 2.37 bits per heavy atom. The highest BCUT2D eigenvalue weighted by atomic mass is 16.5. The van der Waals surface area contributed by atoms with Crippen molar-refractivity contribution in [1.82, 2.24) is 5.32 Å². The number of methoxy groups -OCH3 is 1. The van der Waals surface area contributed by atoms with Crippen LogP contribution in [-0.2, 0) is 9.53 Å². The van der Waals surface area contributed by atoms with Gasteiger partial charge >= 0.3 is 5.97 Å². The average Bonchev–Trinajstić information content (AvgIpc) is 2.37. The molecule has 0 aromatic heterocycles. The first-order valence-corrected chi connectivity index (χ1v) is 6.20. The van der Waals surface area contributed by atoms with E-state index in [0.717, 1.165) is 5.69 Å². The van der Waals surface area contributed by atoms with Crippen molar-refractivity contribution in [3.05, 3.63) is 29.8 Å². The van der Waals surface area contributed by atoms with Gasteiger partial charge in [-0.15, -0.1) is 0 Å². The van der Waals surface area contributed by atoms with Gasteiger partial charge in [0, 0.05) is 11.7 Å². The van der Waals surface area contributed by atoms with Crippen LogP contribution in [0.1, 0.15) is 31.1 Å². The van der Waals surface area contributed by atoms with Gasteiger partial charge in [-0.2, -0.15) is 0 Å². The number of amides is 1. The van der Waals surface area contributed by atoms with Crippen LogP contribution in [0, 0.1) is 0 Å². The molecule has 1 rings (SSSR count). The normalized spacial score (nSPS) is 11.8. The predicted molar refractivity (Wildman–Crippen MR) is 74.1 cm³/mol. The molecule has 0 aliphatic carbocycles. The van der Waals surface area contributed by atoms with Crippen LogP contribution in [0.15, 0.2) is 24.3 Å². The van der Waals surface area contributed by atoms with Gasteiger partial charge in [0.2, 0.25) is 0 Å². The lowest BCUT2D eigenvalue weighted by atomic mass is 10.1. The summed E-state index contributed by atoms with van der Waals surface area (Å²) >= 11 is 0. The van der Waals surface area contributed by atoms with E-state index >= 15 is 0 Å². The monoisotopic (exact) mass is 264 g/mol. The molecule has 1 aromatic rings. The van der Waals surface area contributed by atoms with Gasteiger partial charge < -0.3 is 15.4 Å². The largest absolute Gasteiger partial charge is 0.467 e. The van der Waals surface area contributed by atoms with E-state index in [2.05, 4.69) is 15.4 Å². The lowest BCUT2D eigenvalue weighted by Gasteiger charge is -2.16. The van der Waals surface area contributed by atoms with E-state index in [9.17, 15) is 9.59 Å². The second-order valence-corrected chi connectivity index (χ2v) is 4.56. The minimum absolute atomic E-state index is 0.215. The first-order chi connectivity index (χ1) is 8.95. The van der Waals surface area contributed by atoms with Crippen molar-refractivity contribution in [2.45, 2.75) is 32.9 Å². The van der Waals surface area contributed by atoms with E-state index in [1.807, 2.05) is 26.0 Å². The van der Waals surface area contributed by atoms with Gasteiger partial charge in [-0.25, -0.2) is 4.79 Å². The van der Waals surface area contributed by atoms with E-state index in [1.165, 1.54) is 7.11 Å². The first-order valence-electron chi connectivity index (χ1n) is 6.20. The fourth-order valence-electron chi connectivity index (χ4n) is 1.63. The molecule has 0 aliphatic heterocycles. The van der Waals surface area contributed by atoms with Crippen molar-refractivity contribution >= 4 is 17.6 Å². The van der Waals surface area contributed by atoms with Crippen molar-refractivity contribution in [3.8, 4) is 0 Å². The van der Waals surface area contributed by atoms with Crippen LogP contribution in [0.25, 0.3) is 0 Å². The molecule has 0 spiro atoms. The lowest BCUT2D eigenvalue weighted by molar-refractivity contribution is -0.142. The SMILES string of the molecule is COC(=O)[C@H](C)NC(=O)c1ccccc1NC(C)C. The summed E-state index contributed by atoms with van der Waals surface area (Å²) in [6, 6.07) is 6.72. The second kappa shape index (κ2) is 6.78. The molecule has 1 amide bonds. The standard InChI is InChI=1S/C14H20N2O3/c1-9(2)15-12-8-6-5-7-11(12)13(17)16-10(3)14(18)19-4/h5-10,15H,1-4H3,(H,16,17)/t10-/m0/s1. The van der Waals surface area contributed by atoms with Crippen LogP contribution in [0.5, 0.6) is 0 Å². The summed E-state index contributed by atoms with van der Waals surface area (Å²) in [6.07, 6.45) is 0. The van der Waals surface area contributed by atoms with Gasteiger partial charge in [0.05, 0.1) is 12.7 Å². The zero-order chi connectivity index (χ0) is 14.4. The average molecular weight is 264 g/mol. The number of carbonyl (C=O) groups is 2. The Kier molecular flexibility index (Phi) is 5.36. The van der Waals surface area contributed by atoms with Crippen molar-refractivity contribution in [1.29, 1.82) is 0 Å². The molecular weight excluding hydrogens is 244 g/mol. The van der Waals surface area contributed by atoms with Gasteiger partial charge in [0.1, 0.15) is 6.04 Å². The molecule has 0 radical (unpaired) electrons. The van der Waals surface area contributed by atoms with Crippen molar-refractivity contribution in [3.63, 3.8) is 0 Å². The third-order valence-electron chi connectivity index (χ3n) is 2.52. The molecule has 0 saturated heterocycles. The summed E-state index contributed by atoms with van der Waals surface area (Å²) < 4.78 is 4.57. The summed E-state index contributed by atoms with van der Waals surface area (Å²) in [7, 11) is 1.29. The van der Waals surface area contributed by atoms with Crippen LogP contribution in [0.3, 0.4) is 0 Å². The Labute approximate surface area is 113 Å². The molecule has 104 valence electrons. The molecule has 5 heteroatoms. The zero-order valence-corrected chi connectivity index (χ0v) is 11.7. The lowest BCUT2D eigenvalue weighted by Crippen LogP contribution is -2.39. The maximum absolute atomic E-state index is 12.1. The Morgan fingerprint density at radius 2 is 1.79 bits per heavy atom. The molecular formula is C14H20N2O3. The van der Waals surface area contributed by atoms with Crippen LogP contribution >= 0.6 is 0 Å². The topological polar surface area (TPSA) is 67.4 Å². The van der Waals surface area contributed by atoms with E-state index in [1.54, 1.807) is 19.1 Å². The van der Waals surface area contributed by atoms with Crippen molar-refractivity contribution in [2.24, 2.45) is 0 Å². The van der Waals surface area contributed by atoms with E-state index in [4.69, 9.17) is 0 Å². The Morgan fingerprint density at radius 1 is 1.16 bits per heavy atom. The molecule has 1 aromatic carbocycles. The number of esters is 1. The Balaban J connectivity index is 2.84. The fourth-order valence-corrected chi connectivity index (χ4v) is 1.63. The molecule has 0 heterocycles. The highest BCUT2D eigenvalue weighted by molar-refractivity contribution is 6.01. The van der Waals surface area contributed by atoms with Crippen LogP contribution in [0.2, 0.25) is 0 Å². The van der Waals surface area contributed by atoms with E-state index in [-0.39, 0.29) is 11.9 Å². The van der Waals surface area contributed by atoms with Gasteiger partial charge in [0.25, 0.3) is 5.91 Å². The zero-order valence-electron chi connectivity index (χ0n) is 11.7. The van der Waals surface area contributed by atoms with Crippen molar-refractivity contribution < 1.29 is 14.3 Å². The van der Waals surface area contributed by atoms with E-state index < -0.39 is 12.0 Å². The highest BCUT2D eigenvalue weighted by Crippen LogP contribution is 2.16. The summed E-state index contributed by atoms with van der Waals surface area (Å²) in [4.78, 5) is 23.4. The van der Waals surface area contributed by atoms with Gasteiger partial charge in [-0.1, -0.05) is 12.1 Å². The number of benzene rings is 1. The molecule has 19 heavy (non-hydrogen) atoms. The molecule has 0 aliphatic rings. The van der Waals surface area contributed by atoms with Gasteiger partial charge in [0.15, 0.2) is 0 Å². The maximum Gasteiger partial charge on any atom is 0.328 e. The van der Waals surface area contributed by atoms with Crippen LogP contribution in [-0.4, -0.2) is 31.1 Å². The Hall–Kier alpha value is -2.04. The number of anilines is 1. The molecule has 2 N–H and O–H groups in total. The number of ether oxygens (including phenoxy) is 1. The predicted octanol–water partition coefficient (Wildman–Crippen LogP) is 1.80. The van der Waals surface area contributed by atoms with Gasteiger partial charge in [-0.3, -0.25) is 4.79 Å².